The van der Waals surface area contributed by atoms with Crippen molar-refractivity contribution < 1.29 is 23.8 Å². The van der Waals surface area contributed by atoms with Gasteiger partial charge in [-0.25, -0.2) is 0 Å². The minimum absolute atomic E-state index is 0.00790. The normalized spacial score (nSPS) is 19.3. The maximum atomic E-state index is 13.8. The van der Waals surface area contributed by atoms with E-state index in [9.17, 15) is 9.59 Å². The Balaban J connectivity index is 1.59. The molecule has 1 saturated carbocycles. The summed E-state index contributed by atoms with van der Waals surface area (Å²) < 4.78 is 16.0. The maximum Gasteiger partial charge on any atom is 0.250 e. The first-order valence-corrected chi connectivity index (χ1v) is 12.0. The molecule has 34 heavy (non-hydrogen) atoms. The third-order valence-corrected chi connectivity index (χ3v) is 6.99. The molecule has 0 bridgehead atoms. The van der Waals surface area contributed by atoms with Gasteiger partial charge in [0.1, 0.15) is 18.3 Å². The number of carbonyl (C=O) groups excluding carboxylic acids is 2. The number of carbonyl (C=O) groups is 2. The zero-order valence-corrected chi connectivity index (χ0v) is 20.3. The fraction of sp³-hybridized carbons (Fsp3) is 0.481. The summed E-state index contributed by atoms with van der Waals surface area (Å²) in [4.78, 5) is 30.8. The van der Waals surface area contributed by atoms with Gasteiger partial charge in [0.15, 0.2) is 11.5 Å². The van der Waals surface area contributed by atoms with Crippen LogP contribution in [-0.2, 0) is 16.0 Å². The Morgan fingerprint density at radius 3 is 2.21 bits per heavy atom. The van der Waals surface area contributed by atoms with Crippen LogP contribution in [0.2, 0.25) is 0 Å². The molecule has 0 N–H and O–H groups in total. The van der Waals surface area contributed by atoms with Crippen molar-refractivity contribution in [3.05, 3.63) is 53.6 Å². The highest BCUT2D eigenvalue weighted by molar-refractivity contribution is 5.95. The van der Waals surface area contributed by atoms with Crippen molar-refractivity contribution in [3.63, 3.8) is 0 Å². The largest absolute Gasteiger partial charge is 0.497 e. The van der Waals surface area contributed by atoms with Crippen LogP contribution in [0.15, 0.2) is 42.5 Å². The molecule has 2 aliphatic rings. The van der Waals surface area contributed by atoms with Gasteiger partial charge in [0, 0.05) is 12.6 Å². The number of benzene rings is 2. The summed E-state index contributed by atoms with van der Waals surface area (Å²) in [5, 5.41) is 0. The molecular formula is C27H34N2O5. The van der Waals surface area contributed by atoms with E-state index in [-0.39, 0.29) is 24.4 Å². The number of rotatable bonds is 8. The summed E-state index contributed by atoms with van der Waals surface area (Å²) in [6.07, 6.45) is 5.97. The van der Waals surface area contributed by atoms with Crippen molar-refractivity contribution in [3.8, 4) is 17.2 Å². The number of methoxy groups -OCH3 is 3. The lowest BCUT2D eigenvalue weighted by atomic mass is 9.91. The van der Waals surface area contributed by atoms with Crippen molar-refractivity contribution >= 4 is 11.8 Å². The van der Waals surface area contributed by atoms with Crippen molar-refractivity contribution in [1.82, 2.24) is 9.80 Å². The highest BCUT2D eigenvalue weighted by Gasteiger charge is 2.42. The van der Waals surface area contributed by atoms with Crippen LogP contribution in [0.5, 0.6) is 17.2 Å². The van der Waals surface area contributed by atoms with Crippen LogP contribution in [0.25, 0.3) is 0 Å². The zero-order chi connectivity index (χ0) is 24.1. The second kappa shape index (κ2) is 10.8. The van der Waals surface area contributed by atoms with E-state index in [4.69, 9.17) is 14.2 Å². The Kier molecular flexibility index (Phi) is 7.60. The van der Waals surface area contributed by atoms with E-state index in [0.29, 0.717) is 24.5 Å². The highest BCUT2D eigenvalue weighted by Crippen LogP contribution is 2.34. The Hall–Kier alpha value is -3.22. The number of hydrogen-bond donors (Lipinski definition) is 0. The Morgan fingerprint density at radius 1 is 0.853 bits per heavy atom. The molecule has 1 saturated heterocycles. The summed E-state index contributed by atoms with van der Waals surface area (Å²) in [5.74, 6) is 2.04. The fourth-order valence-electron chi connectivity index (χ4n) is 5.10. The Morgan fingerprint density at radius 2 is 1.56 bits per heavy atom. The van der Waals surface area contributed by atoms with Gasteiger partial charge in [-0.05, 0) is 54.7 Å². The molecule has 2 aromatic rings. The average Bonchev–Trinajstić information content (AvgIpc) is 2.89. The molecule has 7 nitrogen and oxygen atoms in total. The first kappa shape index (κ1) is 23.9. The van der Waals surface area contributed by atoms with E-state index in [1.807, 2.05) is 47.4 Å². The number of piperazine rings is 1. The van der Waals surface area contributed by atoms with Gasteiger partial charge < -0.3 is 24.0 Å². The van der Waals surface area contributed by atoms with Crippen LogP contribution < -0.4 is 14.2 Å². The van der Waals surface area contributed by atoms with Crippen LogP contribution in [0.4, 0.5) is 0 Å². The predicted molar refractivity (Wildman–Crippen MR) is 129 cm³/mol. The quantitative estimate of drug-likeness (QED) is 0.588. The van der Waals surface area contributed by atoms with Gasteiger partial charge in [0.05, 0.1) is 21.3 Å². The standard InChI is InChI=1S/C27H34N2O5/c1-32-22-12-10-20(11-13-22)26-27(31)29(21-7-5-4-6-8-21)18-25(30)28(26)16-15-19-9-14-23(33-2)24(17-19)34-3/h9-14,17,21,26H,4-8,15-16,18H2,1-3H3. The van der Waals surface area contributed by atoms with Gasteiger partial charge in [0.25, 0.3) is 5.91 Å². The molecule has 2 amide bonds. The number of nitrogens with zero attached hydrogens (tertiary/aromatic N) is 2. The van der Waals surface area contributed by atoms with Crippen molar-refractivity contribution in [2.24, 2.45) is 0 Å². The average molecular weight is 467 g/mol. The predicted octanol–water partition coefficient (Wildman–Crippen LogP) is 4.00. The van der Waals surface area contributed by atoms with E-state index in [0.717, 1.165) is 42.6 Å². The van der Waals surface area contributed by atoms with Crippen molar-refractivity contribution in [2.45, 2.75) is 50.6 Å². The molecule has 0 spiro atoms. The lowest BCUT2D eigenvalue weighted by Crippen LogP contribution is -2.58. The maximum absolute atomic E-state index is 13.8. The van der Waals surface area contributed by atoms with Crippen LogP contribution >= 0.6 is 0 Å². The van der Waals surface area contributed by atoms with Gasteiger partial charge in [-0.2, -0.15) is 0 Å². The fourth-order valence-corrected chi connectivity index (χ4v) is 5.10. The van der Waals surface area contributed by atoms with Crippen LogP contribution in [0, 0.1) is 0 Å². The van der Waals surface area contributed by atoms with Crippen LogP contribution in [0.1, 0.15) is 49.3 Å². The molecule has 2 aromatic carbocycles. The summed E-state index contributed by atoms with van der Waals surface area (Å²) in [6.45, 7) is 0.595. The first-order valence-electron chi connectivity index (χ1n) is 12.0. The molecule has 1 unspecified atom stereocenters. The third kappa shape index (κ3) is 4.98. The number of hydrogen-bond acceptors (Lipinski definition) is 5. The molecule has 0 aromatic heterocycles. The van der Waals surface area contributed by atoms with Crippen molar-refractivity contribution in [2.75, 3.05) is 34.4 Å². The van der Waals surface area contributed by atoms with Crippen LogP contribution in [-0.4, -0.2) is 62.1 Å². The van der Waals surface area contributed by atoms with E-state index < -0.39 is 6.04 Å². The monoisotopic (exact) mass is 466 g/mol. The molecule has 1 atom stereocenters. The van der Waals surface area contributed by atoms with Gasteiger partial charge in [-0.1, -0.05) is 37.5 Å². The topological polar surface area (TPSA) is 68.3 Å². The third-order valence-electron chi connectivity index (χ3n) is 6.99. The molecule has 7 heteroatoms. The molecular weight excluding hydrogens is 432 g/mol. The number of ether oxygens (including phenoxy) is 3. The van der Waals surface area contributed by atoms with Crippen molar-refractivity contribution in [1.29, 1.82) is 0 Å². The van der Waals surface area contributed by atoms with Gasteiger partial charge in [0.2, 0.25) is 5.91 Å². The lowest BCUT2D eigenvalue weighted by molar-refractivity contribution is -0.159. The molecule has 1 aliphatic heterocycles. The summed E-state index contributed by atoms with van der Waals surface area (Å²) >= 11 is 0. The molecule has 182 valence electrons. The molecule has 1 heterocycles. The van der Waals surface area contributed by atoms with E-state index in [2.05, 4.69) is 0 Å². The summed E-state index contributed by atoms with van der Waals surface area (Å²) in [5.41, 5.74) is 1.83. The summed E-state index contributed by atoms with van der Waals surface area (Å²) in [7, 11) is 4.83. The minimum atomic E-state index is -0.630. The Bertz CT molecular complexity index is 1000. The summed E-state index contributed by atoms with van der Waals surface area (Å²) in [6, 6.07) is 12.8. The second-order valence-electron chi connectivity index (χ2n) is 8.96. The Labute approximate surface area is 201 Å². The SMILES string of the molecule is COc1ccc(C2C(=O)N(C3CCCCC3)CC(=O)N2CCc2ccc(OC)c(OC)c2)cc1. The van der Waals surface area contributed by atoms with Gasteiger partial charge >= 0.3 is 0 Å². The second-order valence-corrected chi connectivity index (χ2v) is 8.96. The van der Waals surface area contributed by atoms with Gasteiger partial charge in [-0.15, -0.1) is 0 Å². The van der Waals surface area contributed by atoms with Gasteiger partial charge in [-0.3, -0.25) is 9.59 Å². The van der Waals surface area contributed by atoms with E-state index in [1.165, 1.54) is 6.42 Å². The molecule has 2 fully saturated rings. The number of amides is 2. The van der Waals surface area contributed by atoms with E-state index >= 15 is 0 Å². The first-order chi connectivity index (χ1) is 16.5. The van der Waals surface area contributed by atoms with E-state index in [1.54, 1.807) is 26.2 Å². The molecule has 4 rings (SSSR count). The van der Waals surface area contributed by atoms with Crippen LogP contribution in [0.3, 0.4) is 0 Å². The lowest BCUT2D eigenvalue weighted by Gasteiger charge is -2.44. The molecule has 0 radical (unpaired) electrons. The zero-order valence-electron chi connectivity index (χ0n) is 20.3. The highest BCUT2D eigenvalue weighted by atomic mass is 16.5. The smallest absolute Gasteiger partial charge is 0.250 e. The molecule has 1 aliphatic carbocycles. The minimum Gasteiger partial charge on any atom is -0.497 e.